The molecular formula is C11H13N5O3S2. The lowest BCUT2D eigenvalue weighted by atomic mass is 10.3. The van der Waals surface area contributed by atoms with Crippen LogP contribution in [-0.2, 0) is 14.8 Å². The molecule has 112 valence electrons. The third-order valence-corrected chi connectivity index (χ3v) is 4.42. The Balaban J connectivity index is 1.99. The fourth-order valence-electron chi connectivity index (χ4n) is 1.44. The average Bonchev–Trinajstić information content (AvgIpc) is 2.91. The minimum atomic E-state index is -3.73. The smallest absolute Gasteiger partial charge is 0.238 e. The molecule has 21 heavy (non-hydrogen) atoms. The normalized spacial score (nSPS) is 12.9. The van der Waals surface area contributed by atoms with E-state index in [-0.39, 0.29) is 10.8 Å². The maximum absolute atomic E-state index is 12.0. The SMILES string of the molecule is C[C@@H](Sc1ncn[nH]1)C(=O)Nc1ccc(S(N)(=O)=O)cc1. The van der Waals surface area contributed by atoms with Gasteiger partial charge in [-0.25, -0.2) is 18.5 Å². The fraction of sp³-hybridized carbons (Fsp3) is 0.182. The molecule has 1 aromatic heterocycles. The van der Waals surface area contributed by atoms with Crippen molar-refractivity contribution in [1.82, 2.24) is 15.2 Å². The van der Waals surface area contributed by atoms with Crippen LogP contribution in [0.25, 0.3) is 0 Å². The number of aromatic amines is 1. The summed E-state index contributed by atoms with van der Waals surface area (Å²) in [5.41, 5.74) is 0.484. The number of nitrogens with two attached hydrogens (primary N) is 1. The molecule has 2 aromatic rings. The van der Waals surface area contributed by atoms with Crippen molar-refractivity contribution in [3.8, 4) is 0 Å². The second-order valence-corrected chi connectivity index (χ2v) is 7.00. The summed E-state index contributed by atoms with van der Waals surface area (Å²) >= 11 is 1.23. The number of aromatic nitrogens is 3. The van der Waals surface area contributed by atoms with Crippen LogP contribution in [-0.4, -0.2) is 34.8 Å². The van der Waals surface area contributed by atoms with Crippen molar-refractivity contribution in [1.29, 1.82) is 0 Å². The number of benzene rings is 1. The summed E-state index contributed by atoms with van der Waals surface area (Å²) < 4.78 is 22.2. The molecule has 0 radical (unpaired) electrons. The lowest BCUT2D eigenvalue weighted by Crippen LogP contribution is -2.22. The molecule has 0 bridgehead atoms. The molecule has 8 nitrogen and oxygen atoms in total. The first-order chi connectivity index (χ1) is 9.86. The van der Waals surface area contributed by atoms with Gasteiger partial charge in [-0.05, 0) is 31.2 Å². The molecule has 0 saturated heterocycles. The molecule has 0 saturated carbocycles. The predicted octanol–water partition coefficient (Wildman–Crippen LogP) is 0.571. The topological polar surface area (TPSA) is 131 Å². The van der Waals surface area contributed by atoms with Crippen LogP contribution in [0.3, 0.4) is 0 Å². The molecule has 1 atom stereocenters. The number of primary sulfonamides is 1. The minimum Gasteiger partial charge on any atom is -0.325 e. The zero-order chi connectivity index (χ0) is 15.5. The van der Waals surface area contributed by atoms with Crippen molar-refractivity contribution in [3.05, 3.63) is 30.6 Å². The Kier molecular flexibility index (Phi) is 4.60. The maximum Gasteiger partial charge on any atom is 0.238 e. The van der Waals surface area contributed by atoms with Gasteiger partial charge >= 0.3 is 0 Å². The van der Waals surface area contributed by atoms with E-state index in [1.165, 1.54) is 42.4 Å². The largest absolute Gasteiger partial charge is 0.325 e. The van der Waals surface area contributed by atoms with Crippen molar-refractivity contribution in [2.45, 2.75) is 22.2 Å². The van der Waals surface area contributed by atoms with Gasteiger partial charge in [0.1, 0.15) is 6.33 Å². The van der Waals surface area contributed by atoms with Crippen LogP contribution in [0.4, 0.5) is 5.69 Å². The lowest BCUT2D eigenvalue weighted by molar-refractivity contribution is -0.115. The number of rotatable bonds is 5. The molecule has 4 N–H and O–H groups in total. The maximum atomic E-state index is 12.0. The zero-order valence-electron chi connectivity index (χ0n) is 11.0. The predicted molar refractivity (Wildman–Crippen MR) is 78.1 cm³/mol. The minimum absolute atomic E-state index is 0.00965. The van der Waals surface area contributed by atoms with Gasteiger partial charge in [-0.3, -0.25) is 9.89 Å². The van der Waals surface area contributed by atoms with Gasteiger partial charge in [0.15, 0.2) is 5.16 Å². The Bertz CT molecular complexity index is 713. The number of amides is 1. The number of hydrogen-bond donors (Lipinski definition) is 3. The quantitative estimate of drug-likeness (QED) is 0.688. The van der Waals surface area contributed by atoms with E-state index >= 15 is 0 Å². The third-order valence-electron chi connectivity index (χ3n) is 2.50. The van der Waals surface area contributed by atoms with Crippen molar-refractivity contribution < 1.29 is 13.2 Å². The van der Waals surface area contributed by atoms with Crippen LogP contribution in [0.5, 0.6) is 0 Å². The second kappa shape index (κ2) is 6.24. The summed E-state index contributed by atoms with van der Waals surface area (Å²) in [6.07, 6.45) is 1.36. The summed E-state index contributed by atoms with van der Waals surface area (Å²) in [7, 11) is -3.73. The molecule has 0 spiro atoms. The average molecular weight is 327 g/mol. The number of sulfonamides is 1. The zero-order valence-corrected chi connectivity index (χ0v) is 12.6. The van der Waals surface area contributed by atoms with Gasteiger partial charge in [0.05, 0.1) is 10.1 Å². The number of carbonyl (C=O) groups excluding carboxylic acids is 1. The van der Waals surface area contributed by atoms with Crippen LogP contribution < -0.4 is 10.5 Å². The first-order valence-electron chi connectivity index (χ1n) is 5.82. The number of hydrogen-bond acceptors (Lipinski definition) is 6. The van der Waals surface area contributed by atoms with Crippen LogP contribution in [0.15, 0.2) is 40.6 Å². The Morgan fingerprint density at radius 2 is 2.05 bits per heavy atom. The van der Waals surface area contributed by atoms with E-state index < -0.39 is 15.3 Å². The molecule has 0 fully saturated rings. The van der Waals surface area contributed by atoms with Gasteiger partial charge in [0.2, 0.25) is 15.9 Å². The highest BCUT2D eigenvalue weighted by Gasteiger charge is 2.16. The number of nitrogens with zero attached hydrogens (tertiary/aromatic N) is 2. The van der Waals surface area contributed by atoms with E-state index in [1.54, 1.807) is 6.92 Å². The summed E-state index contributed by atoms with van der Waals surface area (Å²) in [4.78, 5) is 15.9. The highest BCUT2D eigenvalue weighted by molar-refractivity contribution is 8.00. The monoisotopic (exact) mass is 327 g/mol. The van der Waals surface area contributed by atoms with Crippen LogP contribution >= 0.6 is 11.8 Å². The highest BCUT2D eigenvalue weighted by Crippen LogP contribution is 2.20. The third kappa shape index (κ3) is 4.28. The molecule has 0 aliphatic rings. The Labute approximate surface area is 125 Å². The Morgan fingerprint density at radius 1 is 1.38 bits per heavy atom. The van der Waals surface area contributed by atoms with Gasteiger partial charge in [0.25, 0.3) is 0 Å². The Morgan fingerprint density at radius 3 is 2.57 bits per heavy atom. The van der Waals surface area contributed by atoms with Gasteiger partial charge in [-0.2, -0.15) is 5.10 Å². The van der Waals surface area contributed by atoms with E-state index in [0.717, 1.165) is 0 Å². The summed E-state index contributed by atoms with van der Waals surface area (Å²) in [6, 6.07) is 5.62. The van der Waals surface area contributed by atoms with Crippen LogP contribution in [0.2, 0.25) is 0 Å². The van der Waals surface area contributed by atoms with E-state index in [2.05, 4.69) is 20.5 Å². The molecule has 0 unspecified atom stereocenters. The second-order valence-electron chi connectivity index (χ2n) is 4.11. The molecule has 1 aromatic carbocycles. The van der Waals surface area contributed by atoms with Gasteiger partial charge < -0.3 is 5.32 Å². The first-order valence-corrected chi connectivity index (χ1v) is 8.24. The summed E-state index contributed by atoms with van der Waals surface area (Å²) in [5.74, 6) is -0.236. The molecule has 0 aliphatic carbocycles. The number of anilines is 1. The molecule has 0 aliphatic heterocycles. The summed E-state index contributed by atoms with van der Waals surface area (Å²) in [6.45, 7) is 1.72. The van der Waals surface area contributed by atoms with E-state index in [1.807, 2.05) is 0 Å². The number of H-pyrrole nitrogens is 1. The van der Waals surface area contributed by atoms with Crippen molar-refractivity contribution >= 4 is 33.4 Å². The summed E-state index contributed by atoms with van der Waals surface area (Å²) in [5, 5.41) is 14.2. The van der Waals surface area contributed by atoms with E-state index in [0.29, 0.717) is 10.8 Å². The molecule has 10 heteroatoms. The van der Waals surface area contributed by atoms with Gasteiger partial charge in [-0.1, -0.05) is 11.8 Å². The number of thioether (sulfide) groups is 1. The van der Waals surface area contributed by atoms with E-state index in [4.69, 9.17) is 5.14 Å². The lowest BCUT2D eigenvalue weighted by Gasteiger charge is -2.10. The highest BCUT2D eigenvalue weighted by atomic mass is 32.2. The van der Waals surface area contributed by atoms with Crippen LogP contribution in [0, 0.1) is 0 Å². The van der Waals surface area contributed by atoms with Crippen molar-refractivity contribution in [2.75, 3.05) is 5.32 Å². The molecule has 1 amide bonds. The molecule has 2 rings (SSSR count). The molecule has 1 heterocycles. The Hall–Kier alpha value is -1.91. The van der Waals surface area contributed by atoms with Crippen molar-refractivity contribution in [3.63, 3.8) is 0 Å². The van der Waals surface area contributed by atoms with Gasteiger partial charge in [0, 0.05) is 5.69 Å². The van der Waals surface area contributed by atoms with Gasteiger partial charge in [-0.15, -0.1) is 0 Å². The molecular weight excluding hydrogens is 314 g/mol. The number of nitrogens with one attached hydrogen (secondary N) is 2. The van der Waals surface area contributed by atoms with Crippen LogP contribution in [0.1, 0.15) is 6.92 Å². The standard InChI is InChI=1S/C11H13N5O3S2/c1-7(20-11-13-6-14-16-11)10(17)15-8-2-4-9(5-3-8)21(12,18)19/h2-7H,1H3,(H,15,17)(H2,12,18,19)(H,13,14,16)/t7-/m1/s1. The fourth-order valence-corrected chi connectivity index (χ4v) is 2.67. The van der Waals surface area contributed by atoms with E-state index in [9.17, 15) is 13.2 Å². The number of carbonyl (C=O) groups is 1. The first kappa shape index (κ1) is 15.5. The van der Waals surface area contributed by atoms with Crippen molar-refractivity contribution in [2.24, 2.45) is 5.14 Å².